The topological polar surface area (TPSA) is 14.8 Å². The van der Waals surface area contributed by atoms with Crippen LogP contribution in [0.1, 0.15) is 0 Å². The monoisotopic (exact) mass is 907 g/mol. The van der Waals surface area contributed by atoms with E-state index in [-0.39, 0.29) is 0 Å². The molecule has 0 aliphatic carbocycles. The number of hydrogen-bond donors (Lipinski definition) is 0. The number of benzene rings is 11. The van der Waals surface area contributed by atoms with E-state index in [4.69, 9.17) is 0 Å². The van der Waals surface area contributed by atoms with Gasteiger partial charge in [0.15, 0.2) is 8.07 Å². The van der Waals surface area contributed by atoms with E-state index in [9.17, 15) is 0 Å². The Bertz CT molecular complexity index is 4210. The first-order valence-electron chi connectivity index (χ1n) is 24.2. The van der Waals surface area contributed by atoms with Gasteiger partial charge in [0.2, 0.25) is 0 Å². The van der Waals surface area contributed by atoms with Gasteiger partial charge in [0.1, 0.15) is 0 Å². The zero-order valence-electron chi connectivity index (χ0n) is 38.3. The SMILES string of the molecule is c1ccc(-n2c3ccccc3c3cc(-c4ccc([Si](c5ccccc5)(c5ccccc5)c5ccc(-n6c7ccccc7c7ccc8c9ccccc9n(-c9ccccc9)c8c76)cc5)cc4)ccc32)cc1. The van der Waals surface area contributed by atoms with Crippen LogP contribution in [0.25, 0.3) is 93.6 Å². The molecule has 0 N–H and O–H groups in total. The molecule has 0 radical (unpaired) electrons. The second-order valence-corrected chi connectivity index (χ2v) is 22.2. The maximum absolute atomic E-state index is 2.89. The van der Waals surface area contributed by atoms with E-state index in [1.54, 1.807) is 0 Å². The van der Waals surface area contributed by atoms with Crippen molar-refractivity contribution in [3.05, 3.63) is 273 Å². The minimum absolute atomic E-state index is 1.13. The summed E-state index contributed by atoms with van der Waals surface area (Å²) in [5.41, 5.74) is 13.1. The van der Waals surface area contributed by atoms with Gasteiger partial charge in [-0.25, -0.2) is 0 Å². The van der Waals surface area contributed by atoms with Crippen LogP contribution >= 0.6 is 0 Å². The average Bonchev–Trinajstić information content (AvgIpc) is 4.09. The Hall–Kier alpha value is -8.96. The van der Waals surface area contributed by atoms with Crippen LogP contribution in [-0.4, -0.2) is 21.8 Å². The van der Waals surface area contributed by atoms with E-state index in [0.29, 0.717) is 0 Å². The minimum Gasteiger partial charge on any atom is -0.309 e. The van der Waals surface area contributed by atoms with Crippen LogP contribution in [0.5, 0.6) is 0 Å². The van der Waals surface area contributed by atoms with Crippen molar-refractivity contribution in [1.82, 2.24) is 13.7 Å². The lowest BCUT2D eigenvalue weighted by atomic mass is 10.0. The van der Waals surface area contributed by atoms with Gasteiger partial charge in [0.05, 0.1) is 33.1 Å². The van der Waals surface area contributed by atoms with Gasteiger partial charge in [0, 0.05) is 49.4 Å². The van der Waals surface area contributed by atoms with Crippen LogP contribution in [0.15, 0.2) is 273 Å². The molecule has 3 heterocycles. The van der Waals surface area contributed by atoms with E-state index in [2.05, 4.69) is 287 Å². The number of para-hydroxylation sites is 5. The van der Waals surface area contributed by atoms with Gasteiger partial charge in [-0.1, -0.05) is 206 Å². The maximum atomic E-state index is 2.51. The zero-order chi connectivity index (χ0) is 46.2. The van der Waals surface area contributed by atoms with Gasteiger partial charge < -0.3 is 13.7 Å². The molecule has 328 valence electrons. The summed E-state index contributed by atoms with van der Waals surface area (Å²) < 4.78 is 7.35. The lowest BCUT2D eigenvalue weighted by Gasteiger charge is -2.34. The maximum Gasteiger partial charge on any atom is 0.179 e. The van der Waals surface area contributed by atoms with Crippen molar-refractivity contribution in [2.24, 2.45) is 0 Å². The van der Waals surface area contributed by atoms with Crippen LogP contribution < -0.4 is 20.7 Å². The van der Waals surface area contributed by atoms with Gasteiger partial charge in [-0.3, -0.25) is 0 Å². The highest BCUT2D eigenvalue weighted by molar-refractivity contribution is 7.19. The van der Waals surface area contributed by atoms with Gasteiger partial charge >= 0.3 is 0 Å². The molecular formula is C66H45N3Si. The summed E-state index contributed by atoms with van der Waals surface area (Å²) in [5, 5.41) is 12.9. The van der Waals surface area contributed by atoms with Crippen molar-refractivity contribution in [3.63, 3.8) is 0 Å². The van der Waals surface area contributed by atoms with E-state index in [0.717, 1.165) is 11.4 Å². The molecule has 14 rings (SSSR count). The summed E-state index contributed by atoms with van der Waals surface area (Å²) >= 11 is 0. The Balaban J connectivity index is 0.957. The number of hydrogen-bond acceptors (Lipinski definition) is 0. The highest BCUT2D eigenvalue weighted by Crippen LogP contribution is 2.42. The molecule has 0 aliphatic heterocycles. The van der Waals surface area contributed by atoms with Gasteiger partial charge in [0.25, 0.3) is 0 Å². The van der Waals surface area contributed by atoms with Crippen LogP contribution in [0.3, 0.4) is 0 Å². The van der Waals surface area contributed by atoms with E-state index >= 15 is 0 Å². The fourth-order valence-electron chi connectivity index (χ4n) is 11.8. The van der Waals surface area contributed by atoms with Crippen molar-refractivity contribution < 1.29 is 0 Å². The summed E-state index contributed by atoms with van der Waals surface area (Å²) in [7, 11) is -2.89. The molecule has 70 heavy (non-hydrogen) atoms. The molecule has 14 aromatic rings. The van der Waals surface area contributed by atoms with Gasteiger partial charge in [-0.05, 0) is 98.6 Å². The fraction of sp³-hybridized carbons (Fsp3) is 0. The summed E-state index contributed by atoms with van der Waals surface area (Å²) in [5.74, 6) is 0. The van der Waals surface area contributed by atoms with Crippen molar-refractivity contribution in [2.45, 2.75) is 0 Å². The Morgan fingerprint density at radius 3 is 1.06 bits per heavy atom. The predicted octanol–water partition coefficient (Wildman–Crippen LogP) is 14.0. The summed E-state index contributed by atoms with van der Waals surface area (Å²) in [4.78, 5) is 0. The third-order valence-corrected chi connectivity index (χ3v) is 19.6. The Morgan fingerprint density at radius 1 is 0.214 bits per heavy atom. The second kappa shape index (κ2) is 16.1. The molecule has 0 unspecified atom stereocenters. The summed E-state index contributed by atoms with van der Waals surface area (Å²) in [6, 6.07) is 101. The standard InChI is InChI=1S/C66H45N3Si/c1-5-19-48(20-6-1)67-61-30-16-15-29-57(61)60-45-47(35-44-64(60)67)46-33-38-53(39-34-46)70(51-23-9-3-10-24-51,52-25-11-4-12-26-52)54-40-36-50(37-41-54)69-63-32-18-14-28-56(63)59-43-42-58-55-27-13-17-31-62(55)68(65(58)66(59)69)49-21-7-2-8-22-49/h1-45H. The average molecular weight is 908 g/mol. The molecule has 0 amide bonds. The molecule has 0 aliphatic rings. The van der Waals surface area contributed by atoms with Crippen LogP contribution in [-0.2, 0) is 0 Å². The highest BCUT2D eigenvalue weighted by atomic mass is 28.3. The van der Waals surface area contributed by atoms with Crippen molar-refractivity contribution in [1.29, 1.82) is 0 Å². The minimum atomic E-state index is -2.89. The molecule has 0 atom stereocenters. The van der Waals surface area contributed by atoms with Crippen LogP contribution in [0.4, 0.5) is 0 Å². The van der Waals surface area contributed by atoms with Gasteiger partial charge in [-0.15, -0.1) is 0 Å². The quantitative estimate of drug-likeness (QED) is 0.107. The third-order valence-electron chi connectivity index (χ3n) is 14.8. The highest BCUT2D eigenvalue weighted by Gasteiger charge is 2.41. The smallest absolute Gasteiger partial charge is 0.179 e. The van der Waals surface area contributed by atoms with E-state index in [1.807, 2.05) is 0 Å². The number of fused-ring (bicyclic) bond motifs is 10. The Labute approximate surface area is 407 Å². The first kappa shape index (κ1) is 40.1. The number of rotatable bonds is 8. The van der Waals surface area contributed by atoms with Gasteiger partial charge in [-0.2, -0.15) is 0 Å². The number of aromatic nitrogens is 3. The molecule has 0 spiro atoms. The summed E-state index contributed by atoms with van der Waals surface area (Å²) in [6.07, 6.45) is 0. The predicted molar refractivity (Wildman–Crippen MR) is 299 cm³/mol. The molecule has 3 aromatic heterocycles. The largest absolute Gasteiger partial charge is 0.309 e. The van der Waals surface area contributed by atoms with E-state index < -0.39 is 8.07 Å². The van der Waals surface area contributed by atoms with Crippen molar-refractivity contribution in [2.75, 3.05) is 0 Å². The van der Waals surface area contributed by atoms with Crippen molar-refractivity contribution in [3.8, 4) is 28.2 Å². The normalized spacial score (nSPS) is 12.0. The zero-order valence-corrected chi connectivity index (χ0v) is 39.3. The molecular weight excluding hydrogens is 863 g/mol. The van der Waals surface area contributed by atoms with Crippen molar-refractivity contribution >= 4 is 94.2 Å². The third kappa shape index (κ3) is 6.00. The second-order valence-electron chi connectivity index (χ2n) is 18.4. The Morgan fingerprint density at radius 2 is 0.557 bits per heavy atom. The Kier molecular flexibility index (Phi) is 9.23. The van der Waals surface area contributed by atoms with E-state index in [1.165, 1.54) is 103 Å². The molecule has 4 heteroatoms. The molecule has 11 aromatic carbocycles. The number of nitrogens with zero attached hydrogens (tertiary/aromatic N) is 3. The fourth-order valence-corrected chi connectivity index (χ4v) is 16.5. The molecule has 3 nitrogen and oxygen atoms in total. The molecule has 0 saturated heterocycles. The first-order chi connectivity index (χ1) is 34.8. The lowest BCUT2D eigenvalue weighted by molar-refractivity contribution is 1.15. The van der Waals surface area contributed by atoms with Crippen LogP contribution in [0, 0.1) is 0 Å². The summed E-state index contributed by atoms with van der Waals surface area (Å²) in [6.45, 7) is 0. The molecule has 0 saturated carbocycles. The lowest BCUT2D eigenvalue weighted by Crippen LogP contribution is -2.74. The molecule has 0 bridgehead atoms. The van der Waals surface area contributed by atoms with Crippen LogP contribution in [0.2, 0.25) is 0 Å². The first-order valence-corrected chi connectivity index (χ1v) is 26.2. The molecule has 0 fully saturated rings.